The molecule has 0 saturated heterocycles. The lowest BCUT2D eigenvalue weighted by atomic mass is 9.80. The molecule has 0 fully saturated rings. The largest absolute Gasteiger partial charge is 0.0616 e. The second kappa shape index (κ2) is 11.1. The third kappa shape index (κ3) is 4.22. The first-order valence-electron chi connectivity index (χ1n) is 20.2. The Kier molecular flexibility index (Phi) is 6.06. The minimum Gasteiger partial charge on any atom is -0.0616 e. The van der Waals surface area contributed by atoms with Gasteiger partial charge < -0.3 is 0 Å². The Balaban J connectivity index is 0.960. The molecule has 0 spiro atoms. The summed E-state index contributed by atoms with van der Waals surface area (Å²) in [7, 11) is 0. The minimum absolute atomic E-state index is 0.132. The molecule has 13 rings (SSSR count). The van der Waals surface area contributed by atoms with Crippen LogP contribution in [0.2, 0.25) is 0 Å². The first kappa shape index (κ1) is 31.2. The lowest BCUT2D eigenvalue weighted by molar-refractivity contribution is 0.661. The second-order valence-electron chi connectivity index (χ2n) is 16.8. The molecule has 1 aliphatic carbocycles. The van der Waals surface area contributed by atoms with E-state index in [0.29, 0.717) is 0 Å². The molecular formula is C57H36. The Morgan fingerprint density at radius 3 is 1.28 bits per heavy atom. The molecule has 0 N–H and O–H groups in total. The van der Waals surface area contributed by atoms with E-state index in [4.69, 9.17) is 0 Å². The Bertz CT molecular complexity index is 3640. The molecular weight excluding hydrogens is 685 g/mol. The van der Waals surface area contributed by atoms with Crippen molar-refractivity contribution in [3.05, 3.63) is 193 Å². The van der Waals surface area contributed by atoms with Crippen LogP contribution < -0.4 is 0 Å². The first-order chi connectivity index (χ1) is 28.0. The van der Waals surface area contributed by atoms with Crippen molar-refractivity contribution in [3.8, 4) is 44.5 Å². The summed E-state index contributed by atoms with van der Waals surface area (Å²) < 4.78 is 0. The number of fused-ring (bicyclic) bond motifs is 4. The summed E-state index contributed by atoms with van der Waals surface area (Å²) in [6.07, 6.45) is 0. The normalized spacial score (nSPS) is 13.6. The van der Waals surface area contributed by atoms with Gasteiger partial charge in [-0.2, -0.15) is 0 Å². The predicted octanol–water partition coefficient (Wildman–Crippen LogP) is 15.9. The molecule has 0 heterocycles. The predicted molar refractivity (Wildman–Crippen MR) is 245 cm³/mol. The summed E-state index contributed by atoms with van der Waals surface area (Å²) in [5.74, 6) is 0. The molecule has 0 bridgehead atoms. The Morgan fingerprint density at radius 2 is 0.649 bits per heavy atom. The van der Waals surface area contributed by atoms with Crippen LogP contribution in [0.25, 0.3) is 120 Å². The van der Waals surface area contributed by atoms with Crippen molar-refractivity contribution in [2.24, 2.45) is 0 Å². The minimum atomic E-state index is -0.132. The fraction of sp³-hybridized carbons (Fsp3) is 0.0526. The van der Waals surface area contributed by atoms with Crippen LogP contribution >= 0.6 is 0 Å². The van der Waals surface area contributed by atoms with Crippen molar-refractivity contribution in [2.75, 3.05) is 0 Å². The van der Waals surface area contributed by atoms with Gasteiger partial charge in [-0.15, -0.1) is 0 Å². The van der Waals surface area contributed by atoms with Gasteiger partial charge in [-0.1, -0.05) is 178 Å². The molecule has 0 nitrogen and oxygen atoms in total. The molecule has 0 unspecified atom stereocenters. The van der Waals surface area contributed by atoms with Crippen LogP contribution in [0.3, 0.4) is 0 Å². The van der Waals surface area contributed by atoms with E-state index >= 15 is 0 Å². The van der Waals surface area contributed by atoms with Crippen LogP contribution in [0.15, 0.2) is 182 Å². The molecule has 0 heteroatoms. The van der Waals surface area contributed by atoms with Crippen LogP contribution in [-0.4, -0.2) is 0 Å². The monoisotopic (exact) mass is 720 g/mol. The zero-order chi connectivity index (χ0) is 37.6. The lowest BCUT2D eigenvalue weighted by Crippen LogP contribution is -2.15. The fourth-order valence-electron chi connectivity index (χ4n) is 10.7. The molecule has 0 aliphatic heterocycles. The average Bonchev–Trinajstić information content (AvgIpc) is 3.49. The summed E-state index contributed by atoms with van der Waals surface area (Å²) in [4.78, 5) is 0. The molecule has 12 aromatic rings. The average molecular weight is 721 g/mol. The van der Waals surface area contributed by atoms with Gasteiger partial charge in [0.25, 0.3) is 0 Å². The SMILES string of the molecule is CC1(C)c2cc(-c3ccc4ccccc4c3)ccc2-c2ccc(-c3ccc4ccc5c(-c6ccc7ccc8cccc9ccc6c7c89)ccc6ccc3c4c65)cc21. The topological polar surface area (TPSA) is 0 Å². The fourth-order valence-corrected chi connectivity index (χ4v) is 10.7. The van der Waals surface area contributed by atoms with Gasteiger partial charge in [0, 0.05) is 5.41 Å². The quantitative estimate of drug-likeness (QED) is 0.159. The third-order valence-corrected chi connectivity index (χ3v) is 13.6. The zero-order valence-electron chi connectivity index (χ0n) is 31.8. The van der Waals surface area contributed by atoms with Crippen LogP contribution in [0.1, 0.15) is 25.0 Å². The summed E-state index contributed by atoms with van der Waals surface area (Å²) >= 11 is 0. The van der Waals surface area contributed by atoms with Gasteiger partial charge in [-0.3, -0.25) is 0 Å². The zero-order valence-corrected chi connectivity index (χ0v) is 31.8. The van der Waals surface area contributed by atoms with Crippen molar-refractivity contribution in [1.82, 2.24) is 0 Å². The molecule has 0 saturated carbocycles. The van der Waals surface area contributed by atoms with Gasteiger partial charge in [0.05, 0.1) is 0 Å². The summed E-state index contributed by atoms with van der Waals surface area (Å²) in [5, 5.41) is 18.4. The first-order valence-corrected chi connectivity index (χ1v) is 20.2. The van der Waals surface area contributed by atoms with Gasteiger partial charge in [-0.05, 0) is 149 Å². The third-order valence-electron chi connectivity index (χ3n) is 13.6. The van der Waals surface area contributed by atoms with Gasteiger partial charge in [0.1, 0.15) is 0 Å². The molecule has 264 valence electrons. The maximum Gasteiger partial charge on any atom is 0.0159 e. The Labute approximate surface area is 330 Å². The van der Waals surface area contributed by atoms with E-state index in [-0.39, 0.29) is 5.41 Å². The Hall–Kier alpha value is -7.02. The van der Waals surface area contributed by atoms with Gasteiger partial charge in [0.15, 0.2) is 0 Å². The summed E-state index contributed by atoms with van der Waals surface area (Å²) in [6, 6.07) is 69.0. The van der Waals surface area contributed by atoms with Crippen molar-refractivity contribution in [3.63, 3.8) is 0 Å². The van der Waals surface area contributed by atoms with Crippen molar-refractivity contribution >= 4 is 75.4 Å². The Morgan fingerprint density at radius 1 is 0.263 bits per heavy atom. The van der Waals surface area contributed by atoms with E-state index < -0.39 is 0 Å². The highest BCUT2D eigenvalue weighted by molar-refractivity contribution is 6.30. The molecule has 57 heavy (non-hydrogen) atoms. The van der Waals surface area contributed by atoms with Crippen molar-refractivity contribution < 1.29 is 0 Å². The van der Waals surface area contributed by atoms with Crippen molar-refractivity contribution in [2.45, 2.75) is 19.3 Å². The molecule has 0 radical (unpaired) electrons. The van der Waals surface area contributed by atoms with E-state index in [1.807, 2.05) is 0 Å². The van der Waals surface area contributed by atoms with Crippen molar-refractivity contribution in [1.29, 1.82) is 0 Å². The second-order valence-corrected chi connectivity index (χ2v) is 16.8. The maximum absolute atomic E-state index is 2.48. The van der Waals surface area contributed by atoms with Crippen LogP contribution in [0.5, 0.6) is 0 Å². The summed E-state index contributed by atoms with van der Waals surface area (Å²) in [6.45, 7) is 4.80. The summed E-state index contributed by atoms with van der Waals surface area (Å²) in [5.41, 5.74) is 13.0. The standard InChI is InChI=1S/C57H36/c1-57(2)51-31-41(40-13-10-33-6-3-4-7-39(33)30-40)20-25-46(51)47-26-21-42(32-52(47)57)43-22-14-37-19-29-50-45(24-16-38-18-27-48(43)55(37)56(38)50)44-23-15-36-12-11-34-8-5-9-35-17-28-49(44)54(36)53(34)35/h3-32H,1-2H3. The van der Waals surface area contributed by atoms with Gasteiger partial charge in [0.2, 0.25) is 0 Å². The molecule has 0 amide bonds. The number of hydrogen-bond acceptors (Lipinski definition) is 0. The highest BCUT2D eigenvalue weighted by Gasteiger charge is 2.36. The van der Waals surface area contributed by atoms with Crippen LogP contribution in [0.4, 0.5) is 0 Å². The smallest absolute Gasteiger partial charge is 0.0159 e. The van der Waals surface area contributed by atoms with E-state index in [1.165, 1.54) is 131 Å². The number of hydrogen-bond donors (Lipinski definition) is 0. The van der Waals surface area contributed by atoms with E-state index in [0.717, 1.165) is 0 Å². The van der Waals surface area contributed by atoms with Gasteiger partial charge >= 0.3 is 0 Å². The van der Waals surface area contributed by atoms with E-state index in [9.17, 15) is 0 Å². The van der Waals surface area contributed by atoms with E-state index in [1.54, 1.807) is 0 Å². The number of benzene rings is 12. The van der Waals surface area contributed by atoms with E-state index in [2.05, 4.69) is 196 Å². The molecule has 0 aromatic heterocycles. The van der Waals surface area contributed by atoms with Crippen LogP contribution in [0, 0.1) is 0 Å². The maximum atomic E-state index is 2.48. The van der Waals surface area contributed by atoms with Crippen LogP contribution in [-0.2, 0) is 5.41 Å². The molecule has 0 atom stereocenters. The highest BCUT2D eigenvalue weighted by atomic mass is 14.4. The number of rotatable bonds is 3. The lowest BCUT2D eigenvalue weighted by Gasteiger charge is -2.23. The molecule has 1 aliphatic rings. The highest BCUT2D eigenvalue weighted by Crippen LogP contribution is 2.52. The van der Waals surface area contributed by atoms with Gasteiger partial charge in [-0.25, -0.2) is 0 Å². The molecule has 12 aromatic carbocycles.